The number of aliphatic hydroxyl groups is 1. The molecule has 2 heterocycles. The highest BCUT2D eigenvalue weighted by molar-refractivity contribution is 5.98. The zero-order valence-corrected chi connectivity index (χ0v) is 21.4. The number of benzene rings is 3. The Balaban J connectivity index is 1.09. The van der Waals surface area contributed by atoms with Crippen LogP contribution in [0.4, 0.5) is 0 Å². The monoisotopic (exact) mass is 508 g/mol. The van der Waals surface area contributed by atoms with Crippen LogP contribution in [0.5, 0.6) is 11.5 Å². The lowest BCUT2D eigenvalue weighted by Crippen LogP contribution is -2.64. The summed E-state index contributed by atoms with van der Waals surface area (Å²) in [6, 6.07) is 19.8. The van der Waals surface area contributed by atoms with Crippen molar-refractivity contribution in [2.24, 2.45) is 5.92 Å². The third-order valence-electron chi connectivity index (χ3n) is 9.27. The van der Waals surface area contributed by atoms with Gasteiger partial charge >= 0.3 is 0 Å². The number of aliphatic hydroxyl groups excluding tert-OH is 1. The molecule has 6 nitrogen and oxygen atoms in total. The quantitative estimate of drug-likeness (QED) is 0.457. The number of phenolic OH excluding ortho intramolecular Hbond substituents is 1. The van der Waals surface area contributed by atoms with E-state index in [0.29, 0.717) is 30.3 Å². The third-order valence-corrected chi connectivity index (χ3v) is 9.27. The van der Waals surface area contributed by atoms with Gasteiger partial charge < -0.3 is 25.2 Å². The molecule has 4 aliphatic rings. The maximum absolute atomic E-state index is 13.4. The molecule has 1 saturated heterocycles. The van der Waals surface area contributed by atoms with Gasteiger partial charge in [-0.3, -0.25) is 4.79 Å². The van der Waals surface area contributed by atoms with Crippen LogP contribution in [-0.4, -0.2) is 59.4 Å². The number of carbonyl (C=O) groups excluding carboxylic acids is 1. The fourth-order valence-corrected chi connectivity index (χ4v) is 7.36. The topological polar surface area (TPSA) is 82.0 Å². The molecule has 2 aliphatic carbocycles. The second-order valence-corrected chi connectivity index (χ2v) is 11.2. The Morgan fingerprint density at radius 1 is 1.05 bits per heavy atom. The van der Waals surface area contributed by atoms with E-state index < -0.39 is 6.10 Å². The first kappa shape index (κ1) is 23.5. The molecule has 194 valence electrons. The largest absolute Gasteiger partial charge is 0.508 e. The summed E-state index contributed by atoms with van der Waals surface area (Å²) < 4.78 is 6.51. The number of likely N-dealkylation sites (tertiary alicyclic amines) is 1. The molecule has 2 bridgehead atoms. The SMILES string of the molecule is CN1CCC23c4c5ccc(C(=O)NCCc6ccc(-c7ccc(O)cc7)cc6)c4O[C@H]2[C@@H](O)C=C[C@H]3C1C5. The summed E-state index contributed by atoms with van der Waals surface area (Å²) in [5, 5.41) is 23.5. The van der Waals surface area contributed by atoms with Gasteiger partial charge in [-0.1, -0.05) is 54.6 Å². The highest BCUT2D eigenvalue weighted by Crippen LogP contribution is 2.61. The zero-order valence-electron chi connectivity index (χ0n) is 21.4. The predicted molar refractivity (Wildman–Crippen MR) is 145 cm³/mol. The fraction of sp³-hybridized carbons (Fsp3) is 0.344. The van der Waals surface area contributed by atoms with Crippen LogP contribution < -0.4 is 10.1 Å². The minimum absolute atomic E-state index is 0.132. The van der Waals surface area contributed by atoms with Gasteiger partial charge in [-0.15, -0.1) is 0 Å². The molecule has 5 atom stereocenters. The summed E-state index contributed by atoms with van der Waals surface area (Å²) in [5.41, 5.74) is 5.99. The Kier molecular flexibility index (Phi) is 5.39. The number of hydrogen-bond donors (Lipinski definition) is 3. The molecular weight excluding hydrogens is 476 g/mol. The van der Waals surface area contributed by atoms with Crippen LogP contribution >= 0.6 is 0 Å². The lowest BCUT2D eigenvalue weighted by Gasteiger charge is -2.56. The Bertz CT molecular complexity index is 1430. The highest BCUT2D eigenvalue weighted by atomic mass is 16.5. The maximum Gasteiger partial charge on any atom is 0.255 e. The van der Waals surface area contributed by atoms with Crippen molar-refractivity contribution in [1.29, 1.82) is 0 Å². The summed E-state index contributed by atoms with van der Waals surface area (Å²) in [7, 11) is 2.19. The minimum Gasteiger partial charge on any atom is -0.508 e. The molecule has 1 spiro atoms. The number of phenols is 1. The molecule has 3 aromatic carbocycles. The van der Waals surface area contributed by atoms with Crippen molar-refractivity contribution in [3.05, 3.63) is 95.1 Å². The number of carbonyl (C=O) groups is 1. The van der Waals surface area contributed by atoms with Gasteiger partial charge in [0.25, 0.3) is 5.91 Å². The van der Waals surface area contributed by atoms with E-state index in [9.17, 15) is 15.0 Å². The predicted octanol–water partition coefficient (Wildman–Crippen LogP) is 3.84. The van der Waals surface area contributed by atoms with Crippen LogP contribution in [0.3, 0.4) is 0 Å². The second-order valence-electron chi connectivity index (χ2n) is 11.2. The Hall–Kier alpha value is -3.61. The van der Waals surface area contributed by atoms with Crippen LogP contribution in [-0.2, 0) is 18.3 Å². The number of amides is 1. The molecule has 7 rings (SSSR count). The van der Waals surface area contributed by atoms with Gasteiger partial charge in [0.05, 0.1) is 5.56 Å². The van der Waals surface area contributed by atoms with Crippen molar-refractivity contribution in [3.8, 4) is 22.6 Å². The average Bonchev–Trinajstić information content (AvgIpc) is 3.28. The molecule has 38 heavy (non-hydrogen) atoms. The van der Waals surface area contributed by atoms with E-state index in [-0.39, 0.29) is 29.1 Å². The smallest absolute Gasteiger partial charge is 0.255 e. The van der Waals surface area contributed by atoms with Gasteiger partial charge in [0, 0.05) is 29.5 Å². The average molecular weight is 509 g/mol. The van der Waals surface area contributed by atoms with Crippen LogP contribution in [0, 0.1) is 5.92 Å². The Morgan fingerprint density at radius 2 is 1.79 bits per heavy atom. The van der Waals surface area contributed by atoms with Gasteiger partial charge in [-0.2, -0.15) is 0 Å². The molecule has 3 aromatic rings. The van der Waals surface area contributed by atoms with E-state index in [4.69, 9.17) is 4.74 Å². The molecule has 0 radical (unpaired) electrons. The Morgan fingerprint density at radius 3 is 2.55 bits per heavy atom. The number of aromatic hydroxyl groups is 1. The van der Waals surface area contributed by atoms with E-state index in [1.165, 1.54) is 5.56 Å². The summed E-state index contributed by atoms with van der Waals surface area (Å²) in [5.74, 6) is 1.09. The first-order valence-electron chi connectivity index (χ1n) is 13.5. The first-order chi connectivity index (χ1) is 18.5. The number of nitrogens with one attached hydrogen (secondary N) is 1. The van der Waals surface area contributed by atoms with Crippen molar-refractivity contribution in [2.75, 3.05) is 20.1 Å². The number of piperidine rings is 1. The molecular formula is C32H32N2O4. The van der Waals surface area contributed by atoms with Crippen LogP contribution in [0.25, 0.3) is 11.1 Å². The van der Waals surface area contributed by atoms with E-state index in [0.717, 1.165) is 41.6 Å². The lowest BCUT2D eigenvalue weighted by molar-refractivity contribution is -0.0451. The number of ether oxygens (including phenoxy) is 1. The molecule has 6 heteroatoms. The third kappa shape index (κ3) is 3.44. The number of nitrogens with zero attached hydrogens (tertiary/aromatic N) is 1. The molecule has 0 saturated carbocycles. The zero-order chi connectivity index (χ0) is 26.0. The second kappa shape index (κ2) is 8.72. The summed E-state index contributed by atoms with van der Waals surface area (Å²) in [4.78, 5) is 15.8. The standard InChI is InChI=1S/C32H32N2O4/c1-34-17-15-32-25-12-13-27(36)30(32)38-29-24(11-8-22(28(29)32)18-26(25)34)31(37)33-16-14-19-2-4-20(5-3-19)21-6-9-23(35)10-7-21/h2-13,25-27,30,35-36H,14-18H2,1H3,(H,33,37)/t25-,26?,27-,30-,32?/m0/s1. The summed E-state index contributed by atoms with van der Waals surface area (Å²) >= 11 is 0. The summed E-state index contributed by atoms with van der Waals surface area (Å²) in [6.07, 6.45) is 5.64. The number of rotatable bonds is 5. The normalized spacial score (nSPS) is 28.5. The summed E-state index contributed by atoms with van der Waals surface area (Å²) in [6.45, 7) is 1.48. The van der Waals surface area contributed by atoms with Crippen LogP contribution in [0.1, 0.15) is 33.5 Å². The van der Waals surface area contributed by atoms with Crippen molar-refractivity contribution in [2.45, 2.75) is 42.9 Å². The number of likely N-dealkylation sites (N-methyl/N-ethyl adjacent to an activating group) is 1. The van der Waals surface area contributed by atoms with E-state index >= 15 is 0 Å². The van der Waals surface area contributed by atoms with E-state index in [1.807, 2.05) is 24.3 Å². The maximum atomic E-state index is 13.4. The first-order valence-corrected chi connectivity index (χ1v) is 13.5. The van der Waals surface area contributed by atoms with Gasteiger partial charge in [0.1, 0.15) is 23.7 Å². The Labute approximate surface area is 222 Å². The van der Waals surface area contributed by atoms with Gasteiger partial charge in [0.15, 0.2) is 0 Å². The van der Waals surface area contributed by atoms with Gasteiger partial charge in [-0.25, -0.2) is 0 Å². The number of hydrogen-bond acceptors (Lipinski definition) is 5. The van der Waals surface area contributed by atoms with Crippen molar-refractivity contribution < 1.29 is 19.7 Å². The molecule has 1 fully saturated rings. The molecule has 3 N–H and O–H groups in total. The van der Waals surface area contributed by atoms with Crippen molar-refractivity contribution >= 4 is 5.91 Å². The highest BCUT2D eigenvalue weighted by Gasteiger charge is 2.64. The fourth-order valence-electron chi connectivity index (χ4n) is 7.36. The van der Waals surface area contributed by atoms with E-state index in [1.54, 1.807) is 12.1 Å². The van der Waals surface area contributed by atoms with Crippen molar-refractivity contribution in [1.82, 2.24) is 10.2 Å². The minimum atomic E-state index is -0.672. The van der Waals surface area contributed by atoms with Crippen LogP contribution in [0.2, 0.25) is 0 Å². The lowest BCUT2D eigenvalue weighted by atomic mass is 9.53. The van der Waals surface area contributed by atoms with E-state index in [2.05, 4.69) is 53.7 Å². The molecule has 0 aromatic heterocycles. The molecule has 1 amide bonds. The van der Waals surface area contributed by atoms with Gasteiger partial charge in [-0.05, 0) is 73.3 Å². The molecule has 2 aliphatic heterocycles. The van der Waals surface area contributed by atoms with Gasteiger partial charge in [0.2, 0.25) is 0 Å². The van der Waals surface area contributed by atoms with Crippen molar-refractivity contribution in [3.63, 3.8) is 0 Å². The van der Waals surface area contributed by atoms with Crippen LogP contribution in [0.15, 0.2) is 72.8 Å². The molecule has 2 unspecified atom stereocenters.